The summed E-state index contributed by atoms with van der Waals surface area (Å²) in [6.45, 7) is 0. The number of anilines is 3. The molecule has 0 aliphatic heterocycles. The summed E-state index contributed by atoms with van der Waals surface area (Å²) in [5.74, 6) is 0.142. The molecule has 0 atom stereocenters. The molecule has 5 nitrogen and oxygen atoms in total. The summed E-state index contributed by atoms with van der Waals surface area (Å²) in [5.41, 5.74) is 1.11. The van der Waals surface area contributed by atoms with E-state index in [0.717, 1.165) is 0 Å². The predicted molar refractivity (Wildman–Crippen MR) is 91.1 cm³/mol. The molecule has 24 heavy (non-hydrogen) atoms. The lowest BCUT2D eigenvalue weighted by Crippen LogP contribution is -2.13. The molecule has 0 bridgehead atoms. The Hall–Kier alpha value is -2.99. The summed E-state index contributed by atoms with van der Waals surface area (Å²) < 4.78 is 12.9. The molecule has 2 N–H and O–H groups in total. The second-order valence-corrected chi connectivity index (χ2v) is 5.34. The van der Waals surface area contributed by atoms with Crippen LogP contribution in [-0.4, -0.2) is 16.1 Å². The van der Waals surface area contributed by atoms with Crippen molar-refractivity contribution in [2.75, 3.05) is 10.6 Å². The quantitative estimate of drug-likeness (QED) is 0.743. The zero-order valence-electron chi connectivity index (χ0n) is 12.3. The third-order valence-electron chi connectivity index (χ3n) is 3.11. The fourth-order valence-electron chi connectivity index (χ4n) is 1.96. The molecule has 120 valence electrons. The number of hydrogen-bond donors (Lipinski definition) is 2. The number of amides is 1. The van der Waals surface area contributed by atoms with E-state index >= 15 is 0 Å². The third kappa shape index (κ3) is 4.05. The molecule has 0 radical (unpaired) electrons. The summed E-state index contributed by atoms with van der Waals surface area (Å²) in [4.78, 5) is 12.1. The molecule has 0 spiro atoms. The van der Waals surface area contributed by atoms with Crippen LogP contribution in [0.5, 0.6) is 0 Å². The van der Waals surface area contributed by atoms with Gasteiger partial charge in [0.2, 0.25) is 0 Å². The maximum Gasteiger partial charge on any atom is 0.256 e. The van der Waals surface area contributed by atoms with Gasteiger partial charge in [-0.25, -0.2) is 4.39 Å². The van der Waals surface area contributed by atoms with Crippen LogP contribution in [0, 0.1) is 5.82 Å². The van der Waals surface area contributed by atoms with Gasteiger partial charge < -0.3 is 10.6 Å². The van der Waals surface area contributed by atoms with Gasteiger partial charge in [-0.15, -0.1) is 10.2 Å². The zero-order valence-corrected chi connectivity index (χ0v) is 13.1. The van der Waals surface area contributed by atoms with Crippen LogP contribution >= 0.6 is 11.6 Å². The standard InChI is InChI=1S/C17H12ClFN4O/c18-12-3-1-2-11(10-12)17(24)21-16-9-8-15(22-23-16)20-14-6-4-13(19)5-7-14/h1-10H,(H,20,22)(H,21,23,24). The molecule has 0 fully saturated rings. The Kier molecular flexibility index (Phi) is 4.67. The summed E-state index contributed by atoms with van der Waals surface area (Å²) >= 11 is 5.86. The molecular weight excluding hydrogens is 331 g/mol. The van der Waals surface area contributed by atoms with Gasteiger partial charge in [0.15, 0.2) is 11.6 Å². The van der Waals surface area contributed by atoms with Crippen LogP contribution in [0.4, 0.5) is 21.7 Å². The SMILES string of the molecule is O=C(Nc1ccc(Nc2ccc(F)cc2)nn1)c1cccc(Cl)c1. The van der Waals surface area contributed by atoms with Crippen LogP contribution in [0.1, 0.15) is 10.4 Å². The lowest BCUT2D eigenvalue weighted by molar-refractivity contribution is 0.102. The highest BCUT2D eigenvalue weighted by Crippen LogP contribution is 2.16. The molecule has 1 aromatic heterocycles. The van der Waals surface area contributed by atoms with Crippen molar-refractivity contribution in [2.45, 2.75) is 0 Å². The number of aromatic nitrogens is 2. The maximum atomic E-state index is 12.9. The van der Waals surface area contributed by atoms with Crippen LogP contribution in [-0.2, 0) is 0 Å². The molecule has 0 saturated carbocycles. The van der Waals surface area contributed by atoms with Gasteiger partial charge in [0, 0.05) is 16.3 Å². The van der Waals surface area contributed by atoms with Gasteiger partial charge in [0.25, 0.3) is 5.91 Å². The van der Waals surface area contributed by atoms with Crippen molar-refractivity contribution in [1.29, 1.82) is 0 Å². The largest absolute Gasteiger partial charge is 0.339 e. The maximum absolute atomic E-state index is 12.9. The topological polar surface area (TPSA) is 66.9 Å². The van der Waals surface area contributed by atoms with Crippen LogP contribution in [0.2, 0.25) is 5.02 Å². The number of benzene rings is 2. The van der Waals surface area contributed by atoms with E-state index in [9.17, 15) is 9.18 Å². The van der Waals surface area contributed by atoms with E-state index in [2.05, 4.69) is 20.8 Å². The number of nitrogens with zero attached hydrogens (tertiary/aromatic N) is 2. The monoisotopic (exact) mass is 342 g/mol. The minimum Gasteiger partial charge on any atom is -0.339 e. The van der Waals surface area contributed by atoms with Crippen LogP contribution in [0.3, 0.4) is 0 Å². The first-order chi connectivity index (χ1) is 11.6. The smallest absolute Gasteiger partial charge is 0.256 e. The molecular formula is C17H12ClFN4O. The van der Waals surface area contributed by atoms with Crippen LogP contribution in [0.25, 0.3) is 0 Å². The minimum absolute atomic E-state index is 0.310. The molecule has 3 rings (SSSR count). The van der Waals surface area contributed by atoms with Crippen molar-refractivity contribution < 1.29 is 9.18 Å². The Bertz CT molecular complexity index is 853. The van der Waals surface area contributed by atoms with Gasteiger partial charge >= 0.3 is 0 Å². The second kappa shape index (κ2) is 7.06. The first-order valence-electron chi connectivity index (χ1n) is 7.03. The Morgan fingerprint density at radius 3 is 2.33 bits per heavy atom. The Morgan fingerprint density at radius 1 is 0.958 bits per heavy atom. The number of hydrogen-bond acceptors (Lipinski definition) is 4. The fraction of sp³-hybridized carbons (Fsp3) is 0. The second-order valence-electron chi connectivity index (χ2n) is 4.90. The van der Waals surface area contributed by atoms with Crippen molar-refractivity contribution in [2.24, 2.45) is 0 Å². The van der Waals surface area contributed by atoms with Crippen molar-refractivity contribution in [3.63, 3.8) is 0 Å². The number of carbonyl (C=O) groups is 1. The van der Waals surface area contributed by atoms with Gasteiger partial charge in [0.05, 0.1) is 0 Å². The van der Waals surface area contributed by atoms with E-state index in [1.54, 1.807) is 48.5 Å². The molecule has 0 aliphatic carbocycles. The molecule has 1 heterocycles. The molecule has 2 aromatic carbocycles. The fourth-order valence-corrected chi connectivity index (χ4v) is 2.16. The van der Waals surface area contributed by atoms with E-state index in [-0.39, 0.29) is 11.7 Å². The van der Waals surface area contributed by atoms with Gasteiger partial charge in [-0.3, -0.25) is 4.79 Å². The predicted octanol–water partition coefficient (Wildman–Crippen LogP) is 4.27. The van der Waals surface area contributed by atoms with Crippen molar-refractivity contribution in [1.82, 2.24) is 10.2 Å². The first kappa shape index (κ1) is 15.9. The minimum atomic E-state index is -0.328. The van der Waals surface area contributed by atoms with Gasteiger partial charge in [-0.1, -0.05) is 17.7 Å². The highest BCUT2D eigenvalue weighted by atomic mass is 35.5. The lowest BCUT2D eigenvalue weighted by Gasteiger charge is -2.07. The molecule has 0 unspecified atom stereocenters. The zero-order chi connectivity index (χ0) is 16.9. The number of rotatable bonds is 4. The molecule has 0 saturated heterocycles. The van der Waals surface area contributed by atoms with Gasteiger partial charge in [-0.2, -0.15) is 0 Å². The van der Waals surface area contributed by atoms with Crippen LogP contribution < -0.4 is 10.6 Å². The highest BCUT2D eigenvalue weighted by molar-refractivity contribution is 6.31. The molecule has 1 amide bonds. The number of carbonyl (C=O) groups excluding carboxylic acids is 1. The van der Waals surface area contributed by atoms with Gasteiger partial charge in [0.1, 0.15) is 5.82 Å². The first-order valence-corrected chi connectivity index (χ1v) is 7.41. The Morgan fingerprint density at radius 2 is 1.67 bits per heavy atom. The number of nitrogens with one attached hydrogen (secondary N) is 2. The summed E-state index contributed by atoms with van der Waals surface area (Å²) in [5, 5.41) is 14.0. The van der Waals surface area contributed by atoms with E-state index in [4.69, 9.17) is 11.6 Å². The van der Waals surface area contributed by atoms with Crippen molar-refractivity contribution in [3.05, 3.63) is 77.1 Å². The van der Waals surface area contributed by atoms with E-state index in [1.165, 1.54) is 12.1 Å². The van der Waals surface area contributed by atoms with Crippen molar-refractivity contribution in [3.8, 4) is 0 Å². The van der Waals surface area contributed by atoms with E-state index < -0.39 is 0 Å². The number of halogens is 2. The summed E-state index contributed by atoms with van der Waals surface area (Å²) in [6, 6.07) is 15.7. The van der Waals surface area contributed by atoms with Crippen LogP contribution in [0.15, 0.2) is 60.7 Å². The van der Waals surface area contributed by atoms with E-state index in [1.807, 2.05) is 0 Å². The molecule has 0 aliphatic rings. The average molecular weight is 343 g/mol. The molecule has 7 heteroatoms. The van der Waals surface area contributed by atoms with E-state index in [0.29, 0.717) is 27.9 Å². The van der Waals surface area contributed by atoms with Gasteiger partial charge in [-0.05, 0) is 54.6 Å². The highest BCUT2D eigenvalue weighted by Gasteiger charge is 2.08. The molecule has 3 aromatic rings. The third-order valence-corrected chi connectivity index (χ3v) is 3.34. The Balaban J connectivity index is 1.66. The summed E-state index contributed by atoms with van der Waals surface area (Å²) in [7, 11) is 0. The Labute approximate surface area is 142 Å². The average Bonchev–Trinajstić information content (AvgIpc) is 2.59. The lowest BCUT2D eigenvalue weighted by atomic mass is 10.2. The normalized spacial score (nSPS) is 10.2. The summed E-state index contributed by atoms with van der Waals surface area (Å²) in [6.07, 6.45) is 0. The van der Waals surface area contributed by atoms with Crippen molar-refractivity contribution >= 4 is 34.8 Å².